The maximum absolute atomic E-state index is 5.36. The first-order chi connectivity index (χ1) is 14.2. The van der Waals surface area contributed by atoms with Crippen molar-refractivity contribution in [3.05, 3.63) is 78.0 Å². The summed E-state index contributed by atoms with van der Waals surface area (Å²) in [6.45, 7) is 1.28. The van der Waals surface area contributed by atoms with Crippen LogP contribution >= 0.6 is 24.0 Å². The Morgan fingerprint density at radius 3 is 2.23 bits per heavy atom. The standard InChI is InChI=1S/C23H26N4O2.HI/c1-24-23(27-16-18-10-11-21(28-2)22(14-18)29-3)26-15-17-7-6-8-19(13-17)20-9-4-5-12-25-20;/h4-14H,15-16H2,1-3H3,(H2,24,26,27);1H. The molecule has 7 heteroatoms. The molecule has 0 aliphatic heterocycles. The highest BCUT2D eigenvalue weighted by molar-refractivity contribution is 14.0. The Morgan fingerprint density at radius 1 is 0.867 bits per heavy atom. The van der Waals surface area contributed by atoms with Gasteiger partial charge in [0.2, 0.25) is 0 Å². The molecule has 0 amide bonds. The number of aliphatic imine (C=N–C) groups is 1. The normalized spacial score (nSPS) is 10.7. The van der Waals surface area contributed by atoms with Crippen molar-refractivity contribution in [2.24, 2.45) is 4.99 Å². The fourth-order valence-electron chi connectivity index (χ4n) is 2.96. The van der Waals surface area contributed by atoms with E-state index in [1.54, 1.807) is 27.5 Å². The van der Waals surface area contributed by atoms with Crippen LogP contribution in [0.15, 0.2) is 71.9 Å². The number of nitrogens with one attached hydrogen (secondary N) is 2. The number of nitrogens with zero attached hydrogens (tertiary/aromatic N) is 2. The molecule has 158 valence electrons. The number of halogens is 1. The molecule has 6 nitrogen and oxygen atoms in total. The van der Waals surface area contributed by atoms with Crippen molar-refractivity contribution in [3.8, 4) is 22.8 Å². The molecule has 2 N–H and O–H groups in total. The van der Waals surface area contributed by atoms with E-state index in [1.807, 2.05) is 42.5 Å². The molecule has 0 radical (unpaired) electrons. The molecule has 0 spiro atoms. The van der Waals surface area contributed by atoms with Crippen molar-refractivity contribution < 1.29 is 9.47 Å². The smallest absolute Gasteiger partial charge is 0.191 e. The fourth-order valence-corrected chi connectivity index (χ4v) is 2.96. The van der Waals surface area contributed by atoms with Gasteiger partial charge in [0.1, 0.15) is 0 Å². The van der Waals surface area contributed by atoms with E-state index in [2.05, 4.69) is 38.8 Å². The summed E-state index contributed by atoms with van der Waals surface area (Å²) in [7, 11) is 5.02. The van der Waals surface area contributed by atoms with Gasteiger partial charge in [-0.25, -0.2) is 0 Å². The third-order valence-corrected chi connectivity index (χ3v) is 4.48. The van der Waals surface area contributed by atoms with Gasteiger partial charge < -0.3 is 20.1 Å². The number of benzene rings is 2. The van der Waals surface area contributed by atoms with E-state index in [0.717, 1.165) is 28.3 Å². The molecule has 2 aromatic carbocycles. The van der Waals surface area contributed by atoms with Crippen LogP contribution in [0.4, 0.5) is 0 Å². The van der Waals surface area contributed by atoms with Crippen LogP contribution in [-0.4, -0.2) is 32.2 Å². The van der Waals surface area contributed by atoms with Crippen LogP contribution in [0.5, 0.6) is 11.5 Å². The van der Waals surface area contributed by atoms with Crippen molar-refractivity contribution in [2.45, 2.75) is 13.1 Å². The van der Waals surface area contributed by atoms with E-state index < -0.39 is 0 Å². The fraction of sp³-hybridized carbons (Fsp3) is 0.217. The van der Waals surface area contributed by atoms with Crippen LogP contribution in [0.1, 0.15) is 11.1 Å². The molecule has 0 aliphatic rings. The lowest BCUT2D eigenvalue weighted by Crippen LogP contribution is -2.36. The quantitative estimate of drug-likeness (QED) is 0.278. The lowest BCUT2D eigenvalue weighted by molar-refractivity contribution is 0.354. The number of rotatable bonds is 7. The Balaban J connectivity index is 0.00000320. The van der Waals surface area contributed by atoms with E-state index >= 15 is 0 Å². The largest absolute Gasteiger partial charge is 0.493 e. The van der Waals surface area contributed by atoms with E-state index in [0.29, 0.717) is 24.6 Å². The second kappa shape index (κ2) is 12.0. The van der Waals surface area contributed by atoms with Gasteiger partial charge in [-0.05, 0) is 41.5 Å². The number of guanidine groups is 1. The van der Waals surface area contributed by atoms with Crippen LogP contribution in [0.3, 0.4) is 0 Å². The predicted octanol–water partition coefficient (Wildman–Crippen LogP) is 4.25. The predicted molar refractivity (Wildman–Crippen MR) is 132 cm³/mol. The summed E-state index contributed by atoms with van der Waals surface area (Å²) >= 11 is 0. The first kappa shape index (κ1) is 23.5. The third-order valence-electron chi connectivity index (χ3n) is 4.48. The zero-order chi connectivity index (χ0) is 20.5. The minimum absolute atomic E-state index is 0. The van der Waals surface area contributed by atoms with Gasteiger partial charge in [-0.1, -0.05) is 30.3 Å². The number of aromatic nitrogens is 1. The zero-order valence-corrected chi connectivity index (χ0v) is 19.7. The van der Waals surface area contributed by atoms with Crippen molar-refractivity contribution >= 4 is 29.9 Å². The van der Waals surface area contributed by atoms with Gasteiger partial charge >= 0.3 is 0 Å². The Labute approximate surface area is 194 Å². The number of ether oxygens (including phenoxy) is 2. The molecular formula is C23H27IN4O2. The lowest BCUT2D eigenvalue weighted by atomic mass is 10.1. The SMILES string of the molecule is CN=C(NCc1cccc(-c2ccccn2)c1)NCc1ccc(OC)c(OC)c1.I. The topological polar surface area (TPSA) is 67.8 Å². The molecule has 0 saturated carbocycles. The summed E-state index contributed by atoms with van der Waals surface area (Å²) in [5.41, 5.74) is 4.29. The van der Waals surface area contributed by atoms with Crippen LogP contribution in [0.25, 0.3) is 11.3 Å². The summed E-state index contributed by atoms with van der Waals surface area (Å²) in [6, 6.07) is 20.1. The highest BCUT2D eigenvalue weighted by atomic mass is 127. The molecule has 30 heavy (non-hydrogen) atoms. The third kappa shape index (κ3) is 6.35. The van der Waals surface area contributed by atoms with Gasteiger partial charge in [-0.2, -0.15) is 0 Å². The van der Waals surface area contributed by atoms with Gasteiger partial charge in [0.25, 0.3) is 0 Å². The molecule has 0 atom stereocenters. The molecular weight excluding hydrogens is 491 g/mol. The van der Waals surface area contributed by atoms with Crippen molar-refractivity contribution in [3.63, 3.8) is 0 Å². The average molecular weight is 518 g/mol. The maximum Gasteiger partial charge on any atom is 0.191 e. The zero-order valence-electron chi connectivity index (χ0n) is 17.4. The summed E-state index contributed by atoms with van der Waals surface area (Å²) in [6.07, 6.45) is 1.81. The second-order valence-electron chi connectivity index (χ2n) is 6.38. The summed E-state index contributed by atoms with van der Waals surface area (Å²) in [5, 5.41) is 6.67. The van der Waals surface area contributed by atoms with Gasteiger partial charge in [0.15, 0.2) is 17.5 Å². The number of hydrogen-bond donors (Lipinski definition) is 2. The monoisotopic (exact) mass is 518 g/mol. The van der Waals surface area contributed by atoms with Gasteiger partial charge in [-0.15, -0.1) is 24.0 Å². The van der Waals surface area contributed by atoms with Crippen LogP contribution in [0.2, 0.25) is 0 Å². The minimum Gasteiger partial charge on any atom is -0.493 e. The minimum atomic E-state index is 0. The van der Waals surface area contributed by atoms with E-state index in [1.165, 1.54) is 0 Å². The lowest BCUT2D eigenvalue weighted by Gasteiger charge is -2.14. The van der Waals surface area contributed by atoms with Crippen molar-refractivity contribution in [2.75, 3.05) is 21.3 Å². The highest BCUT2D eigenvalue weighted by Gasteiger charge is 2.06. The Bertz CT molecular complexity index is 964. The average Bonchev–Trinajstić information content (AvgIpc) is 2.79. The molecule has 1 aromatic heterocycles. The van der Waals surface area contributed by atoms with Crippen LogP contribution < -0.4 is 20.1 Å². The molecule has 0 unspecified atom stereocenters. The Morgan fingerprint density at radius 2 is 1.60 bits per heavy atom. The van der Waals surface area contributed by atoms with E-state index in [4.69, 9.17) is 9.47 Å². The molecule has 0 bridgehead atoms. The number of methoxy groups -OCH3 is 2. The number of pyridine rings is 1. The van der Waals surface area contributed by atoms with Crippen molar-refractivity contribution in [1.82, 2.24) is 15.6 Å². The molecule has 0 fully saturated rings. The first-order valence-corrected chi connectivity index (χ1v) is 9.39. The van der Waals surface area contributed by atoms with Crippen LogP contribution in [0, 0.1) is 0 Å². The van der Waals surface area contributed by atoms with Gasteiger partial charge in [0.05, 0.1) is 19.9 Å². The molecule has 3 aromatic rings. The summed E-state index contributed by atoms with van der Waals surface area (Å²) < 4.78 is 10.6. The Kier molecular flexibility index (Phi) is 9.40. The number of hydrogen-bond acceptors (Lipinski definition) is 4. The summed E-state index contributed by atoms with van der Waals surface area (Å²) in [5.74, 6) is 2.15. The molecule has 0 saturated heterocycles. The molecule has 0 aliphatic carbocycles. The summed E-state index contributed by atoms with van der Waals surface area (Å²) in [4.78, 5) is 8.72. The molecule has 3 rings (SSSR count). The Hall–Kier alpha value is -2.81. The molecule has 1 heterocycles. The first-order valence-electron chi connectivity index (χ1n) is 9.39. The van der Waals surface area contributed by atoms with Crippen LogP contribution in [-0.2, 0) is 13.1 Å². The van der Waals surface area contributed by atoms with E-state index in [9.17, 15) is 0 Å². The highest BCUT2D eigenvalue weighted by Crippen LogP contribution is 2.27. The van der Waals surface area contributed by atoms with Gasteiger partial charge in [0, 0.05) is 31.9 Å². The van der Waals surface area contributed by atoms with E-state index in [-0.39, 0.29) is 24.0 Å². The van der Waals surface area contributed by atoms with Gasteiger partial charge in [-0.3, -0.25) is 9.98 Å². The second-order valence-corrected chi connectivity index (χ2v) is 6.38. The maximum atomic E-state index is 5.36. The van der Waals surface area contributed by atoms with Crippen molar-refractivity contribution in [1.29, 1.82) is 0 Å².